The zero-order valence-electron chi connectivity index (χ0n) is 8.29. The van der Waals surface area contributed by atoms with Gasteiger partial charge in [-0.15, -0.1) is 0 Å². The highest BCUT2D eigenvalue weighted by atomic mass is 16.3. The van der Waals surface area contributed by atoms with Gasteiger partial charge in [0, 0.05) is 12.5 Å². The molecule has 0 spiro atoms. The number of hydrogen-bond acceptors (Lipinski definition) is 3. The first kappa shape index (κ1) is 10.5. The van der Waals surface area contributed by atoms with Crippen LogP contribution in [0.4, 0.5) is 0 Å². The number of carbonyl (C=O) groups excluding carboxylic acids is 1. The van der Waals surface area contributed by atoms with Gasteiger partial charge in [0.25, 0.3) is 0 Å². The van der Waals surface area contributed by atoms with Crippen molar-refractivity contribution in [2.24, 2.45) is 11.7 Å². The summed E-state index contributed by atoms with van der Waals surface area (Å²) in [5.41, 5.74) is 4.74. The lowest BCUT2D eigenvalue weighted by atomic mass is 9.90. The fraction of sp³-hybridized carbons (Fsp3) is 0.889. The molecule has 1 atom stereocenters. The van der Waals surface area contributed by atoms with Gasteiger partial charge < -0.3 is 15.7 Å². The number of rotatable bonds is 3. The maximum atomic E-state index is 11.5. The second-order valence-electron chi connectivity index (χ2n) is 3.91. The van der Waals surface area contributed by atoms with Crippen molar-refractivity contribution in [2.45, 2.75) is 25.9 Å². The minimum Gasteiger partial charge on any atom is -0.386 e. The van der Waals surface area contributed by atoms with Gasteiger partial charge in [-0.25, -0.2) is 0 Å². The maximum absolute atomic E-state index is 11.5. The number of carbonyl (C=O) groups is 1. The largest absolute Gasteiger partial charge is 0.386 e. The van der Waals surface area contributed by atoms with Crippen molar-refractivity contribution in [3.05, 3.63) is 0 Å². The summed E-state index contributed by atoms with van der Waals surface area (Å²) in [6.07, 6.45) is 0.702. The molecule has 1 aliphatic rings. The van der Waals surface area contributed by atoms with Crippen LogP contribution in [0.15, 0.2) is 0 Å². The number of β-amino-alcohol motifs (C(OH)–C–C–N with tert-alkyl or cyclic N) is 1. The van der Waals surface area contributed by atoms with Crippen LogP contribution in [0.3, 0.4) is 0 Å². The Labute approximate surface area is 78.7 Å². The van der Waals surface area contributed by atoms with Gasteiger partial charge in [-0.3, -0.25) is 4.79 Å². The van der Waals surface area contributed by atoms with E-state index in [1.54, 1.807) is 4.90 Å². The lowest BCUT2D eigenvalue weighted by Gasteiger charge is -2.46. The van der Waals surface area contributed by atoms with Crippen molar-refractivity contribution in [3.63, 3.8) is 0 Å². The van der Waals surface area contributed by atoms with Crippen LogP contribution in [0, 0.1) is 5.92 Å². The van der Waals surface area contributed by atoms with Crippen molar-refractivity contribution in [1.82, 2.24) is 4.90 Å². The predicted octanol–water partition coefficient (Wildman–Crippen LogP) is -0.435. The van der Waals surface area contributed by atoms with E-state index < -0.39 is 5.60 Å². The van der Waals surface area contributed by atoms with E-state index in [9.17, 15) is 9.90 Å². The summed E-state index contributed by atoms with van der Waals surface area (Å²) in [4.78, 5) is 13.2. The van der Waals surface area contributed by atoms with E-state index in [1.807, 2.05) is 13.8 Å². The van der Waals surface area contributed by atoms with Crippen molar-refractivity contribution in [1.29, 1.82) is 0 Å². The van der Waals surface area contributed by atoms with Crippen LogP contribution in [0.5, 0.6) is 0 Å². The van der Waals surface area contributed by atoms with Crippen molar-refractivity contribution >= 4 is 5.91 Å². The van der Waals surface area contributed by atoms with Crippen molar-refractivity contribution < 1.29 is 9.90 Å². The number of likely N-dealkylation sites (tertiary alicyclic amines) is 1. The first-order valence-electron chi connectivity index (χ1n) is 4.73. The molecule has 4 heteroatoms. The molecule has 3 N–H and O–H groups in total. The Morgan fingerprint density at radius 3 is 2.62 bits per heavy atom. The molecule has 0 aliphatic carbocycles. The van der Waals surface area contributed by atoms with Crippen LogP contribution >= 0.6 is 0 Å². The molecule has 1 rings (SSSR count). The van der Waals surface area contributed by atoms with E-state index in [4.69, 9.17) is 5.73 Å². The summed E-state index contributed by atoms with van der Waals surface area (Å²) in [7, 11) is 0. The van der Waals surface area contributed by atoms with Gasteiger partial charge in [0.2, 0.25) is 5.91 Å². The summed E-state index contributed by atoms with van der Waals surface area (Å²) in [5, 5.41) is 9.67. The molecule has 1 saturated heterocycles. The molecule has 4 nitrogen and oxygen atoms in total. The van der Waals surface area contributed by atoms with Crippen molar-refractivity contribution in [3.8, 4) is 0 Å². The van der Waals surface area contributed by atoms with Crippen LogP contribution in [0.2, 0.25) is 0 Å². The van der Waals surface area contributed by atoms with E-state index in [2.05, 4.69) is 0 Å². The van der Waals surface area contributed by atoms with E-state index in [-0.39, 0.29) is 11.8 Å². The highest BCUT2D eigenvalue weighted by Crippen LogP contribution is 2.25. The lowest BCUT2D eigenvalue weighted by Crippen LogP contribution is -2.64. The first-order chi connectivity index (χ1) is 6.02. The van der Waals surface area contributed by atoms with Gasteiger partial charge in [-0.1, -0.05) is 13.8 Å². The Balaban J connectivity index is 2.39. The Hall–Kier alpha value is -0.610. The highest BCUT2D eigenvalue weighted by molar-refractivity contribution is 5.79. The molecule has 1 fully saturated rings. The molecule has 76 valence electrons. The SMILES string of the molecule is CCC1(O)CN(C(=O)C(C)CN)C1. The summed E-state index contributed by atoms with van der Waals surface area (Å²) in [5.74, 6) is -0.0676. The average Bonchev–Trinajstić information content (AvgIpc) is 2.10. The van der Waals surface area contributed by atoms with Crippen LogP contribution in [-0.4, -0.2) is 41.1 Å². The molecule has 0 aromatic rings. The minimum atomic E-state index is -0.635. The molecular weight excluding hydrogens is 168 g/mol. The van der Waals surface area contributed by atoms with Crippen LogP contribution in [0.25, 0.3) is 0 Å². The normalized spacial score (nSPS) is 22.3. The fourth-order valence-corrected chi connectivity index (χ4v) is 1.46. The quantitative estimate of drug-likeness (QED) is 0.628. The molecule has 1 amide bonds. The Kier molecular flexibility index (Phi) is 2.93. The molecule has 13 heavy (non-hydrogen) atoms. The summed E-state index contributed by atoms with van der Waals surface area (Å²) < 4.78 is 0. The Bertz CT molecular complexity index is 200. The summed E-state index contributed by atoms with van der Waals surface area (Å²) >= 11 is 0. The molecule has 0 aromatic carbocycles. The fourth-order valence-electron chi connectivity index (χ4n) is 1.46. The highest BCUT2D eigenvalue weighted by Gasteiger charge is 2.42. The number of amides is 1. The smallest absolute Gasteiger partial charge is 0.226 e. The standard InChI is InChI=1S/C9H18N2O2/c1-3-9(13)5-11(6-9)8(12)7(2)4-10/h7,13H,3-6,10H2,1-2H3. The zero-order valence-corrected chi connectivity index (χ0v) is 8.29. The molecule has 1 heterocycles. The predicted molar refractivity (Wildman–Crippen MR) is 50.0 cm³/mol. The van der Waals surface area contributed by atoms with Gasteiger partial charge >= 0.3 is 0 Å². The van der Waals surface area contributed by atoms with E-state index in [0.29, 0.717) is 26.1 Å². The molecule has 0 radical (unpaired) electrons. The van der Waals surface area contributed by atoms with E-state index in [1.165, 1.54) is 0 Å². The molecule has 0 aromatic heterocycles. The molecular formula is C9H18N2O2. The second kappa shape index (κ2) is 3.64. The minimum absolute atomic E-state index is 0.0561. The van der Waals surface area contributed by atoms with Crippen LogP contribution < -0.4 is 5.73 Å². The number of aliphatic hydroxyl groups is 1. The zero-order chi connectivity index (χ0) is 10.1. The molecule has 1 aliphatic heterocycles. The van der Waals surface area contributed by atoms with Gasteiger partial charge in [0.1, 0.15) is 0 Å². The maximum Gasteiger partial charge on any atom is 0.226 e. The molecule has 0 bridgehead atoms. The third-order valence-electron chi connectivity index (χ3n) is 2.72. The van der Waals surface area contributed by atoms with Gasteiger partial charge in [-0.2, -0.15) is 0 Å². The van der Waals surface area contributed by atoms with Crippen molar-refractivity contribution in [2.75, 3.05) is 19.6 Å². The molecule has 1 unspecified atom stereocenters. The first-order valence-corrected chi connectivity index (χ1v) is 4.73. The Morgan fingerprint density at radius 2 is 2.23 bits per heavy atom. The van der Waals surface area contributed by atoms with Gasteiger partial charge in [0.15, 0.2) is 0 Å². The number of hydrogen-bond donors (Lipinski definition) is 2. The van der Waals surface area contributed by atoms with Gasteiger partial charge in [0.05, 0.1) is 18.7 Å². The van der Waals surface area contributed by atoms with Crippen LogP contribution in [0.1, 0.15) is 20.3 Å². The Morgan fingerprint density at radius 1 is 1.69 bits per heavy atom. The third-order valence-corrected chi connectivity index (χ3v) is 2.72. The summed E-state index contributed by atoms with van der Waals surface area (Å²) in [6.45, 7) is 5.04. The van der Waals surface area contributed by atoms with E-state index in [0.717, 1.165) is 0 Å². The van der Waals surface area contributed by atoms with E-state index >= 15 is 0 Å². The third kappa shape index (κ3) is 2.00. The van der Waals surface area contributed by atoms with Gasteiger partial charge in [-0.05, 0) is 6.42 Å². The lowest BCUT2D eigenvalue weighted by molar-refractivity contribution is -0.159. The average molecular weight is 186 g/mol. The van der Waals surface area contributed by atoms with Crippen LogP contribution in [-0.2, 0) is 4.79 Å². The number of nitrogens with zero attached hydrogens (tertiary/aromatic N) is 1. The number of nitrogens with two attached hydrogens (primary N) is 1. The second-order valence-corrected chi connectivity index (χ2v) is 3.91. The topological polar surface area (TPSA) is 66.6 Å². The monoisotopic (exact) mass is 186 g/mol. The summed E-state index contributed by atoms with van der Waals surface area (Å²) in [6, 6.07) is 0. The molecule has 0 saturated carbocycles.